The molecule has 6 heteroatoms. The molecule has 2 nitrogen and oxygen atoms in total. The van der Waals surface area contributed by atoms with Crippen molar-refractivity contribution in [2.45, 2.75) is 11.8 Å². The number of alkyl halides is 3. The Balaban J connectivity index is 3.41. The summed E-state index contributed by atoms with van der Waals surface area (Å²) < 4.78 is 25.3. The Hall–Kier alpha value is -0.540. The molecule has 0 saturated carbocycles. The zero-order valence-corrected chi connectivity index (χ0v) is 9.94. The quantitative estimate of drug-likeness (QED) is 0.616. The maximum absolute atomic E-state index is 12.5. The van der Waals surface area contributed by atoms with Crippen LogP contribution in [-0.4, -0.2) is 4.98 Å². The fourth-order valence-corrected chi connectivity index (χ4v) is 2.00. The Morgan fingerprint density at radius 2 is 2.21 bits per heavy atom. The first kappa shape index (κ1) is 11.5. The molecule has 1 aromatic rings. The molecule has 1 heterocycles. The summed E-state index contributed by atoms with van der Waals surface area (Å²) in [6.07, 6.45) is -2.60. The minimum Gasteiger partial charge on any atom is -0.230 e. The molecule has 0 spiro atoms. The maximum Gasteiger partial charge on any atom is 0.264 e. The lowest BCUT2D eigenvalue weighted by atomic mass is 10.1. The van der Waals surface area contributed by atoms with Crippen LogP contribution < -0.4 is 0 Å². The van der Waals surface area contributed by atoms with E-state index in [0.29, 0.717) is 0 Å². The highest BCUT2D eigenvalue weighted by atomic mass is 79.9. The van der Waals surface area contributed by atoms with Crippen molar-refractivity contribution in [2.75, 3.05) is 0 Å². The van der Waals surface area contributed by atoms with Crippen molar-refractivity contribution in [3.05, 3.63) is 27.5 Å². The van der Waals surface area contributed by atoms with E-state index in [0.717, 1.165) is 0 Å². The van der Waals surface area contributed by atoms with Gasteiger partial charge in [-0.05, 0) is 22.0 Å². The first-order valence-electron chi connectivity index (χ1n) is 3.53. The fourth-order valence-electron chi connectivity index (χ4n) is 0.986. The number of pyridine rings is 1. The van der Waals surface area contributed by atoms with Crippen molar-refractivity contribution in [1.29, 1.82) is 5.26 Å². The molecule has 0 aliphatic carbocycles. The SMILES string of the molecule is N#Cc1nc(Br)cc(C(F)F)c1CBr. The number of halogens is 4. The van der Waals surface area contributed by atoms with Gasteiger partial charge in [-0.2, -0.15) is 5.26 Å². The molecule has 14 heavy (non-hydrogen) atoms. The zero-order valence-electron chi connectivity index (χ0n) is 6.77. The minimum atomic E-state index is -2.60. The third kappa shape index (κ3) is 2.28. The Morgan fingerprint density at radius 3 is 2.64 bits per heavy atom. The van der Waals surface area contributed by atoms with Crippen molar-refractivity contribution in [1.82, 2.24) is 4.98 Å². The molecular weight excluding hydrogens is 322 g/mol. The third-order valence-electron chi connectivity index (χ3n) is 1.60. The van der Waals surface area contributed by atoms with Crippen molar-refractivity contribution >= 4 is 31.9 Å². The molecular formula is C8H4Br2F2N2. The molecule has 0 amide bonds. The van der Waals surface area contributed by atoms with E-state index in [1.165, 1.54) is 6.07 Å². The van der Waals surface area contributed by atoms with Crippen LogP contribution in [0.3, 0.4) is 0 Å². The lowest BCUT2D eigenvalue weighted by Crippen LogP contribution is -1.99. The van der Waals surface area contributed by atoms with E-state index < -0.39 is 6.43 Å². The topological polar surface area (TPSA) is 36.7 Å². The number of hydrogen-bond donors (Lipinski definition) is 0. The second kappa shape index (κ2) is 4.80. The van der Waals surface area contributed by atoms with E-state index in [1.807, 2.05) is 0 Å². The average molecular weight is 326 g/mol. The van der Waals surface area contributed by atoms with Gasteiger partial charge < -0.3 is 0 Å². The number of nitriles is 1. The first-order valence-corrected chi connectivity index (χ1v) is 5.45. The largest absolute Gasteiger partial charge is 0.264 e. The number of aromatic nitrogens is 1. The molecule has 0 atom stereocenters. The zero-order chi connectivity index (χ0) is 10.7. The highest BCUT2D eigenvalue weighted by Crippen LogP contribution is 2.28. The van der Waals surface area contributed by atoms with Gasteiger partial charge >= 0.3 is 0 Å². The first-order chi connectivity index (χ1) is 6.60. The summed E-state index contributed by atoms with van der Waals surface area (Å²) in [5, 5.41) is 8.87. The molecule has 0 radical (unpaired) electrons. The van der Waals surface area contributed by atoms with Crippen LogP contribution in [0.4, 0.5) is 8.78 Å². The maximum atomic E-state index is 12.5. The predicted molar refractivity (Wildman–Crippen MR) is 54.2 cm³/mol. The Bertz CT molecular complexity index is 388. The van der Waals surface area contributed by atoms with E-state index >= 15 is 0 Å². The van der Waals surface area contributed by atoms with E-state index in [9.17, 15) is 8.78 Å². The standard InChI is InChI=1S/C8H4Br2F2N2/c9-2-5-4(8(11)12)1-7(10)14-6(5)3-13/h1,8H,2H2. The molecule has 1 aromatic heterocycles. The number of rotatable bonds is 2. The number of nitrogens with zero attached hydrogens (tertiary/aromatic N) is 2. The van der Waals surface area contributed by atoms with Gasteiger partial charge in [0.1, 0.15) is 16.4 Å². The van der Waals surface area contributed by atoms with Gasteiger partial charge in [-0.1, -0.05) is 15.9 Å². The summed E-state index contributed by atoms with van der Waals surface area (Å²) in [4.78, 5) is 3.80. The lowest BCUT2D eigenvalue weighted by molar-refractivity contribution is 0.150. The van der Waals surface area contributed by atoms with Gasteiger partial charge in [-0.15, -0.1) is 0 Å². The minimum absolute atomic E-state index is 0.0200. The average Bonchev–Trinajstić information content (AvgIpc) is 2.16. The van der Waals surface area contributed by atoms with Gasteiger partial charge in [0.05, 0.1) is 0 Å². The van der Waals surface area contributed by atoms with Crippen molar-refractivity contribution in [3.63, 3.8) is 0 Å². The molecule has 0 fully saturated rings. The van der Waals surface area contributed by atoms with Gasteiger partial charge in [-0.25, -0.2) is 13.8 Å². The molecule has 0 aromatic carbocycles. The van der Waals surface area contributed by atoms with Crippen LogP contribution >= 0.6 is 31.9 Å². The Kier molecular flexibility index (Phi) is 3.96. The van der Waals surface area contributed by atoms with E-state index in [4.69, 9.17) is 5.26 Å². The monoisotopic (exact) mass is 324 g/mol. The van der Waals surface area contributed by atoms with Crippen LogP contribution in [0.2, 0.25) is 0 Å². The van der Waals surface area contributed by atoms with Crippen LogP contribution in [0.25, 0.3) is 0 Å². The molecule has 0 aliphatic heterocycles. The molecule has 74 valence electrons. The lowest BCUT2D eigenvalue weighted by Gasteiger charge is -2.07. The Labute approximate surface area is 96.2 Å². The predicted octanol–water partition coefficient (Wildman–Crippen LogP) is 3.55. The third-order valence-corrected chi connectivity index (χ3v) is 2.57. The van der Waals surface area contributed by atoms with Gasteiger partial charge in [0.15, 0.2) is 0 Å². The normalized spacial score (nSPS) is 10.3. The molecule has 0 unspecified atom stereocenters. The Morgan fingerprint density at radius 1 is 1.57 bits per heavy atom. The second-order valence-electron chi connectivity index (χ2n) is 2.41. The van der Waals surface area contributed by atoms with Crippen LogP contribution in [0, 0.1) is 11.3 Å². The molecule has 0 saturated heterocycles. The van der Waals surface area contributed by atoms with E-state index in [2.05, 4.69) is 36.8 Å². The van der Waals surface area contributed by atoms with Crippen LogP contribution in [0.5, 0.6) is 0 Å². The van der Waals surface area contributed by atoms with Crippen LogP contribution in [0.15, 0.2) is 10.7 Å². The van der Waals surface area contributed by atoms with Crippen molar-refractivity contribution in [2.24, 2.45) is 0 Å². The second-order valence-corrected chi connectivity index (χ2v) is 3.78. The van der Waals surface area contributed by atoms with Gasteiger partial charge in [-0.3, -0.25) is 0 Å². The van der Waals surface area contributed by atoms with Crippen LogP contribution in [-0.2, 0) is 5.33 Å². The van der Waals surface area contributed by atoms with Gasteiger partial charge in [0.25, 0.3) is 6.43 Å². The van der Waals surface area contributed by atoms with E-state index in [1.54, 1.807) is 6.07 Å². The summed E-state index contributed by atoms with van der Waals surface area (Å²) in [7, 11) is 0. The highest BCUT2D eigenvalue weighted by Gasteiger charge is 2.17. The van der Waals surface area contributed by atoms with Crippen LogP contribution in [0.1, 0.15) is 23.2 Å². The molecule has 0 N–H and O–H groups in total. The van der Waals surface area contributed by atoms with Crippen molar-refractivity contribution in [3.8, 4) is 6.07 Å². The van der Waals surface area contributed by atoms with Crippen molar-refractivity contribution < 1.29 is 8.78 Å². The van der Waals surface area contributed by atoms with Gasteiger partial charge in [0, 0.05) is 16.5 Å². The van der Waals surface area contributed by atoms with E-state index in [-0.39, 0.29) is 26.8 Å². The smallest absolute Gasteiger partial charge is 0.230 e. The highest BCUT2D eigenvalue weighted by molar-refractivity contribution is 9.10. The summed E-state index contributed by atoms with van der Waals surface area (Å²) in [5.74, 6) is 0. The fraction of sp³-hybridized carbons (Fsp3) is 0.250. The summed E-state index contributed by atoms with van der Waals surface area (Å²) >= 11 is 6.03. The summed E-state index contributed by atoms with van der Waals surface area (Å²) in [6, 6.07) is 3.00. The molecule has 0 bridgehead atoms. The molecule has 1 rings (SSSR count). The van der Waals surface area contributed by atoms with Gasteiger partial charge in [0.2, 0.25) is 0 Å². The summed E-state index contributed by atoms with van der Waals surface area (Å²) in [6.45, 7) is 0. The molecule has 0 aliphatic rings. The number of hydrogen-bond acceptors (Lipinski definition) is 2. The summed E-state index contributed by atoms with van der Waals surface area (Å²) in [5.41, 5.74) is 0.0950.